The van der Waals surface area contributed by atoms with Crippen LogP contribution in [0.2, 0.25) is 0 Å². The van der Waals surface area contributed by atoms with Gasteiger partial charge in [-0.05, 0) is 36.9 Å². The average Bonchev–Trinajstić information content (AvgIpc) is 2.30. The van der Waals surface area contributed by atoms with E-state index >= 15 is 0 Å². The van der Waals surface area contributed by atoms with E-state index in [0.717, 1.165) is 25.9 Å². The van der Waals surface area contributed by atoms with Crippen LogP contribution in [0.3, 0.4) is 0 Å². The minimum Gasteiger partial charge on any atom is -0.313 e. The van der Waals surface area contributed by atoms with Gasteiger partial charge in [-0.15, -0.1) is 6.58 Å². The van der Waals surface area contributed by atoms with Crippen LogP contribution in [-0.4, -0.2) is 6.54 Å². The fraction of sp³-hybridized carbons (Fsp3) is 0.429. The third kappa shape index (κ3) is 4.80. The molecule has 82 valence electrons. The monoisotopic (exact) mass is 203 g/mol. The molecule has 0 aliphatic rings. The minimum absolute atomic E-state index is 0.973. The summed E-state index contributed by atoms with van der Waals surface area (Å²) in [4.78, 5) is 0. The summed E-state index contributed by atoms with van der Waals surface area (Å²) < 4.78 is 0. The van der Waals surface area contributed by atoms with E-state index in [9.17, 15) is 0 Å². The first-order valence-electron chi connectivity index (χ1n) is 5.76. The van der Waals surface area contributed by atoms with Crippen LogP contribution in [-0.2, 0) is 13.0 Å². The molecule has 0 heterocycles. The number of aryl methyl sites for hydroxylation is 1. The number of hydrogen-bond acceptors (Lipinski definition) is 1. The maximum absolute atomic E-state index is 3.71. The molecule has 1 heteroatoms. The smallest absolute Gasteiger partial charge is 0.0205 e. The van der Waals surface area contributed by atoms with Crippen molar-refractivity contribution in [3.05, 3.63) is 48.0 Å². The van der Waals surface area contributed by atoms with Gasteiger partial charge in [-0.1, -0.05) is 37.3 Å². The summed E-state index contributed by atoms with van der Waals surface area (Å²) in [6.45, 7) is 7.94. The third-order valence-electron chi connectivity index (χ3n) is 2.52. The summed E-state index contributed by atoms with van der Waals surface area (Å²) >= 11 is 0. The Bertz CT molecular complexity index is 274. The van der Waals surface area contributed by atoms with Crippen molar-refractivity contribution in [2.24, 2.45) is 0 Å². The van der Waals surface area contributed by atoms with E-state index in [-0.39, 0.29) is 0 Å². The highest BCUT2D eigenvalue weighted by Crippen LogP contribution is 2.04. The summed E-state index contributed by atoms with van der Waals surface area (Å²) in [6, 6.07) is 8.83. The van der Waals surface area contributed by atoms with E-state index in [0.29, 0.717) is 0 Å². The van der Waals surface area contributed by atoms with Crippen LogP contribution in [0, 0.1) is 0 Å². The van der Waals surface area contributed by atoms with E-state index in [2.05, 4.69) is 43.1 Å². The first-order valence-corrected chi connectivity index (χ1v) is 5.76. The Morgan fingerprint density at radius 2 is 1.87 bits per heavy atom. The summed E-state index contributed by atoms with van der Waals surface area (Å²) in [7, 11) is 0. The number of allylic oxidation sites excluding steroid dienone is 1. The molecule has 0 amide bonds. The highest BCUT2D eigenvalue weighted by atomic mass is 14.8. The van der Waals surface area contributed by atoms with Crippen molar-refractivity contribution in [3.8, 4) is 0 Å². The van der Waals surface area contributed by atoms with Crippen molar-refractivity contribution in [1.82, 2.24) is 5.32 Å². The van der Waals surface area contributed by atoms with Gasteiger partial charge in [0.25, 0.3) is 0 Å². The van der Waals surface area contributed by atoms with E-state index in [1.807, 2.05) is 6.08 Å². The highest BCUT2D eigenvalue weighted by molar-refractivity contribution is 5.22. The molecule has 0 fully saturated rings. The van der Waals surface area contributed by atoms with Crippen LogP contribution in [0.4, 0.5) is 0 Å². The third-order valence-corrected chi connectivity index (χ3v) is 2.52. The molecule has 0 spiro atoms. The SMILES string of the molecule is C=CCCCNCc1ccc(CC)cc1. The molecule has 0 bridgehead atoms. The molecule has 0 aromatic heterocycles. The average molecular weight is 203 g/mol. The molecule has 1 nitrogen and oxygen atoms in total. The van der Waals surface area contributed by atoms with Gasteiger partial charge >= 0.3 is 0 Å². The second-order valence-corrected chi connectivity index (χ2v) is 3.78. The van der Waals surface area contributed by atoms with Gasteiger partial charge in [-0.25, -0.2) is 0 Å². The van der Waals surface area contributed by atoms with Crippen molar-refractivity contribution in [1.29, 1.82) is 0 Å². The number of rotatable bonds is 7. The quantitative estimate of drug-likeness (QED) is 0.529. The highest BCUT2D eigenvalue weighted by Gasteiger charge is 1.92. The molecular weight excluding hydrogens is 182 g/mol. The second-order valence-electron chi connectivity index (χ2n) is 3.78. The summed E-state index contributed by atoms with van der Waals surface area (Å²) in [6.07, 6.45) is 5.36. The zero-order chi connectivity index (χ0) is 10.9. The maximum atomic E-state index is 3.71. The maximum Gasteiger partial charge on any atom is 0.0205 e. The van der Waals surface area contributed by atoms with Gasteiger partial charge in [0, 0.05) is 6.54 Å². The second kappa shape index (κ2) is 7.24. The lowest BCUT2D eigenvalue weighted by Crippen LogP contribution is -2.14. The van der Waals surface area contributed by atoms with Gasteiger partial charge in [0.2, 0.25) is 0 Å². The normalized spacial score (nSPS) is 10.2. The lowest BCUT2D eigenvalue weighted by Gasteiger charge is -2.04. The van der Waals surface area contributed by atoms with Crippen molar-refractivity contribution in [3.63, 3.8) is 0 Å². The molecule has 0 aliphatic carbocycles. The molecule has 1 N–H and O–H groups in total. The number of benzene rings is 1. The van der Waals surface area contributed by atoms with E-state index in [4.69, 9.17) is 0 Å². The van der Waals surface area contributed by atoms with Crippen molar-refractivity contribution in [2.75, 3.05) is 6.54 Å². The molecule has 0 saturated carbocycles. The molecule has 0 unspecified atom stereocenters. The predicted octanol–water partition coefficient (Wildman–Crippen LogP) is 3.30. The van der Waals surface area contributed by atoms with Gasteiger partial charge in [-0.2, -0.15) is 0 Å². The molecule has 0 aliphatic heterocycles. The van der Waals surface area contributed by atoms with Crippen LogP contribution in [0.25, 0.3) is 0 Å². The van der Waals surface area contributed by atoms with Crippen LogP contribution in [0.5, 0.6) is 0 Å². The predicted molar refractivity (Wildman–Crippen MR) is 67.0 cm³/mol. The molecule has 0 saturated heterocycles. The lowest BCUT2D eigenvalue weighted by molar-refractivity contribution is 0.655. The Morgan fingerprint density at radius 3 is 2.47 bits per heavy atom. The zero-order valence-corrected chi connectivity index (χ0v) is 9.63. The summed E-state index contributed by atoms with van der Waals surface area (Å²) in [5, 5.41) is 3.43. The van der Waals surface area contributed by atoms with E-state index in [1.54, 1.807) is 0 Å². The van der Waals surface area contributed by atoms with Gasteiger partial charge in [0.1, 0.15) is 0 Å². The number of unbranched alkanes of at least 4 members (excludes halogenated alkanes) is 1. The van der Waals surface area contributed by atoms with Gasteiger partial charge in [-0.3, -0.25) is 0 Å². The molecule has 1 aromatic rings. The van der Waals surface area contributed by atoms with Gasteiger partial charge in [0.05, 0.1) is 0 Å². The molecule has 1 rings (SSSR count). The number of hydrogen-bond donors (Lipinski definition) is 1. The molecular formula is C14H21N. The largest absolute Gasteiger partial charge is 0.313 e. The summed E-state index contributed by atoms with van der Waals surface area (Å²) in [5.41, 5.74) is 2.77. The Morgan fingerprint density at radius 1 is 1.20 bits per heavy atom. The first kappa shape index (κ1) is 12.0. The van der Waals surface area contributed by atoms with Crippen molar-refractivity contribution < 1.29 is 0 Å². The topological polar surface area (TPSA) is 12.0 Å². The van der Waals surface area contributed by atoms with Crippen LogP contribution in [0.15, 0.2) is 36.9 Å². The molecule has 0 radical (unpaired) electrons. The first-order chi connectivity index (χ1) is 7.36. The number of nitrogens with one attached hydrogen (secondary N) is 1. The van der Waals surface area contributed by atoms with Crippen molar-refractivity contribution >= 4 is 0 Å². The van der Waals surface area contributed by atoms with E-state index in [1.165, 1.54) is 17.5 Å². The molecule has 1 aromatic carbocycles. The summed E-state index contributed by atoms with van der Waals surface area (Å²) in [5.74, 6) is 0. The Labute approximate surface area is 93.2 Å². The van der Waals surface area contributed by atoms with Gasteiger partial charge in [0.15, 0.2) is 0 Å². The van der Waals surface area contributed by atoms with Crippen LogP contribution in [0.1, 0.15) is 30.9 Å². The zero-order valence-electron chi connectivity index (χ0n) is 9.63. The molecule has 0 atom stereocenters. The fourth-order valence-electron chi connectivity index (χ4n) is 1.50. The van der Waals surface area contributed by atoms with Crippen molar-refractivity contribution in [2.45, 2.75) is 32.7 Å². The van der Waals surface area contributed by atoms with E-state index < -0.39 is 0 Å². The molecule has 15 heavy (non-hydrogen) atoms. The standard InChI is InChI=1S/C14H21N/c1-3-5-6-11-15-12-14-9-7-13(4-2)8-10-14/h3,7-10,15H,1,4-6,11-12H2,2H3. The Balaban J connectivity index is 2.22. The van der Waals surface area contributed by atoms with Crippen LogP contribution >= 0.6 is 0 Å². The Kier molecular flexibility index (Phi) is 5.79. The fourth-order valence-corrected chi connectivity index (χ4v) is 1.50. The minimum atomic E-state index is 0.973. The lowest BCUT2D eigenvalue weighted by atomic mass is 10.1. The Hall–Kier alpha value is -1.08. The van der Waals surface area contributed by atoms with Gasteiger partial charge < -0.3 is 5.32 Å². The van der Waals surface area contributed by atoms with Crippen LogP contribution < -0.4 is 5.32 Å².